The van der Waals surface area contributed by atoms with Gasteiger partial charge in [0.05, 0.1) is 5.69 Å². The lowest BCUT2D eigenvalue weighted by Crippen LogP contribution is -2.38. The van der Waals surface area contributed by atoms with E-state index in [1.807, 2.05) is 55.3 Å². The van der Waals surface area contributed by atoms with Gasteiger partial charge in [0.25, 0.3) is 5.91 Å². The van der Waals surface area contributed by atoms with E-state index in [0.717, 1.165) is 52.0 Å². The van der Waals surface area contributed by atoms with Crippen molar-refractivity contribution >= 4 is 28.1 Å². The zero-order valence-electron chi connectivity index (χ0n) is 19.0. The normalized spacial score (nSPS) is 15.8. The van der Waals surface area contributed by atoms with Crippen LogP contribution in [0.1, 0.15) is 38.4 Å². The van der Waals surface area contributed by atoms with Crippen molar-refractivity contribution in [2.24, 2.45) is 0 Å². The lowest BCUT2D eigenvalue weighted by Gasteiger charge is -2.31. The molecule has 0 atom stereocenters. The van der Waals surface area contributed by atoms with Gasteiger partial charge in [0.15, 0.2) is 0 Å². The maximum absolute atomic E-state index is 12.9. The number of carbonyl (C=O) groups excluding carboxylic acids is 1. The van der Waals surface area contributed by atoms with Crippen molar-refractivity contribution in [2.45, 2.75) is 32.6 Å². The fourth-order valence-corrected chi connectivity index (χ4v) is 4.76. The highest BCUT2D eigenvalue weighted by Crippen LogP contribution is 2.35. The molecule has 168 valence electrons. The Morgan fingerprint density at radius 1 is 1.21 bits per heavy atom. The molecule has 4 heterocycles. The molecule has 0 bridgehead atoms. The second-order valence-electron chi connectivity index (χ2n) is 8.43. The molecule has 7 nitrogen and oxygen atoms in total. The molecular formula is C26H28N6O. The summed E-state index contributed by atoms with van der Waals surface area (Å²) in [6.07, 6.45) is 11.0. The van der Waals surface area contributed by atoms with Crippen LogP contribution in [0.3, 0.4) is 0 Å². The number of benzene rings is 1. The number of nitrogen functional groups attached to an aromatic ring is 1. The maximum Gasteiger partial charge on any atom is 0.253 e. The Morgan fingerprint density at radius 3 is 2.73 bits per heavy atom. The number of piperidine rings is 1. The molecule has 1 saturated heterocycles. The summed E-state index contributed by atoms with van der Waals surface area (Å²) in [4.78, 5) is 27.7. The zero-order valence-corrected chi connectivity index (χ0v) is 19.0. The number of likely N-dealkylation sites (tertiary alicyclic amines) is 1. The summed E-state index contributed by atoms with van der Waals surface area (Å²) in [6, 6.07) is 10.3. The third-order valence-electron chi connectivity index (χ3n) is 6.45. The molecule has 7 heteroatoms. The molecule has 1 fully saturated rings. The number of amides is 1. The third kappa shape index (κ3) is 3.69. The van der Waals surface area contributed by atoms with Crippen molar-refractivity contribution in [3.8, 4) is 11.4 Å². The number of aromatic nitrogens is 4. The minimum atomic E-state index is 0.0919. The molecule has 3 N–H and O–H groups in total. The van der Waals surface area contributed by atoms with Crippen molar-refractivity contribution in [2.75, 3.05) is 18.8 Å². The van der Waals surface area contributed by atoms with Gasteiger partial charge in [0, 0.05) is 47.9 Å². The fraction of sp³-hybridized carbons (Fsp3) is 0.269. The number of allylic oxidation sites excluding steroid dienone is 2. The van der Waals surface area contributed by atoms with Crippen molar-refractivity contribution in [1.29, 1.82) is 0 Å². The Labute approximate surface area is 192 Å². The number of nitrogens with zero attached hydrogens (tertiary/aromatic N) is 4. The molecule has 4 aromatic rings. The molecule has 0 spiro atoms. The quantitative estimate of drug-likeness (QED) is 0.356. The molecule has 1 amide bonds. The van der Waals surface area contributed by atoms with Gasteiger partial charge in [-0.3, -0.25) is 9.20 Å². The average Bonchev–Trinajstić information content (AvgIpc) is 3.45. The van der Waals surface area contributed by atoms with Gasteiger partial charge in [-0.1, -0.05) is 36.4 Å². The van der Waals surface area contributed by atoms with Crippen LogP contribution in [0.4, 0.5) is 5.82 Å². The highest BCUT2D eigenvalue weighted by Gasteiger charge is 2.29. The lowest BCUT2D eigenvalue weighted by atomic mass is 9.95. The summed E-state index contributed by atoms with van der Waals surface area (Å²) in [5.74, 6) is 1.76. The molecule has 0 aliphatic carbocycles. The van der Waals surface area contributed by atoms with Gasteiger partial charge in [-0.05, 0) is 38.8 Å². The molecule has 1 aliphatic rings. The van der Waals surface area contributed by atoms with Crippen LogP contribution in [-0.2, 0) is 4.79 Å². The number of aromatic amines is 1. The Hall–Kier alpha value is -3.87. The first-order valence-electron chi connectivity index (χ1n) is 11.4. The number of hydrogen-bond acceptors (Lipinski definition) is 4. The number of rotatable bonds is 4. The summed E-state index contributed by atoms with van der Waals surface area (Å²) in [6.45, 7) is 5.24. The van der Waals surface area contributed by atoms with Crippen LogP contribution in [0.2, 0.25) is 0 Å². The largest absolute Gasteiger partial charge is 0.382 e. The minimum Gasteiger partial charge on any atom is -0.382 e. The van der Waals surface area contributed by atoms with Crippen LogP contribution < -0.4 is 5.73 Å². The van der Waals surface area contributed by atoms with Gasteiger partial charge in [-0.2, -0.15) is 0 Å². The molecular weight excluding hydrogens is 412 g/mol. The summed E-state index contributed by atoms with van der Waals surface area (Å²) in [7, 11) is 0. The molecule has 0 unspecified atom stereocenters. The molecule has 1 aliphatic heterocycles. The van der Waals surface area contributed by atoms with E-state index in [4.69, 9.17) is 10.7 Å². The molecule has 3 aromatic heterocycles. The first-order valence-corrected chi connectivity index (χ1v) is 11.4. The van der Waals surface area contributed by atoms with Crippen LogP contribution in [0.5, 0.6) is 0 Å². The minimum absolute atomic E-state index is 0.0919. The van der Waals surface area contributed by atoms with Gasteiger partial charge >= 0.3 is 0 Å². The zero-order chi connectivity index (χ0) is 22.9. The number of hydrogen-bond donors (Lipinski definition) is 2. The van der Waals surface area contributed by atoms with E-state index in [-0.39, 0.29) is 11.8 Å². The number of H-pyrrole nitrogens is 1. The van der Waals surface area contributed by atoms with Gasteiger partial charge in [0.1, 0.15) is 22.9 Å². The standard InChI is InChI=1S/C26H28N6O/c1-3-7-17(4-2)26(33)31-13-10-18(11-14-31)25-30-22(23-24(27)28-12-15-32(23)25)21-16-19-8-5-6-9-20(19)29-21/h3-9,12,15-16,18,29H,10-11,13-14H2,1-2H3,(H2,27,28)/b7-3-,17-4+. The topological polar surface area (TPSA) is 92.3 Å². The Morgan fingerprint density at radius 2 is 2.00 bits per heavy atom. The predicted octanol–water partition coefficient (Wildman–Crippen LogP) is 4.69. The number of imidazole rings is 1. The van der Waals surface area contributed by atoms with E-state index in [2.05, 4.69) is 32.6 Å². The Kier molecular flexibility index (Phi) is 5.46. The van der Waals surface area contributed by atoms with Gasteiger partial charge in [0.2, 0.25) is 0 Å². The van der Waals surface area contributed by atoms with Crippen molar-refractivity contribution in [1.82, 2.24) is 24.3 Å². The van der Waals surface area contributed by atoms with E-state index < -0.39 is 0 Å². The SMILES string of the molecule is C/C=C\C(=C/C)C(=O)N1CCC(c2nc(-c3cc4ccccc4[nH]3)c3c(N)nccn23)CC1. The molecule has 1 aromatic carbocycles. The van der Waals surface area contributed by atoms with Crippen LogP contribution >= 0.6 is 0 Å². The number of nitrogens with two attached hydrogens (primary N) is 1. The Bertz CT molecular complexity index is 1350. The van der Waals surface area contributed by atoms with Crippen LogP contribution in [0.15, 0.2) is 66.5 Å². The summed E-state index contributed by atoms with van der Waals surface area (Å²) >= 11 is 0. The number of carbonyl (C=O) groups is 1. The fourth-order valence-electron chi connectivity index (χ4n) is 4.76. The van der Waals surface area contributed by atoms with E-state index in [1.54, 1.807) is 6.20 Å². The van der Waals surface area contributed by atoms with E-state index >= 15 is 0 Å². The smallest absolute Gasteiger partial charge is 0.253 e. The maximum atomic E-state index is 12.9. The van der Waals surface area contributed by atoms with Crippen molar-refractivity contribution in [3.63, 3.8) is 0 Å². The van der Waals surface area contributed by atoms with E-state index in [9.17, 15) is 4.79 Å². The highest BCUT2D eigenvalue weighted by molar-refractivity contribution is 5.96. The molecule has 0 saturated carbocycles. The number of nitrogens with one attached hydrogen (secondary N) is 1. The second-order valence-corrected chi connectivity index (χ2v) is 8.43. The number of para-hydroxylation sites is 1. The van der Waals surface area contributed by atoms with Gasteiger partial charge in [-0.25, -0.2) is 9.97 Å². The Balaban J connectivity index is 1.48. The van der Waals surface area contributed by atoms with E-state index in [0.29, 0.717) is 18.9 Å². The third-order valence-corrected chi connectivity index (χ3v) is 6.45. The summed E-state index contributed by atoms with van der Waals surface area (Å²) < 4.78 is 2.07. The van der Waals surface area contributed by atoms with E-state index in [1.165, 1.54) is 0 Å². The lowest BCUT2D eigenvalue weighted by molar-refractivity contribution is -0.127. The molecule has 5 rings (SSSR count). The number of anilines is 1. The average molecular weight is 441 g/mol. The number of fused-ring (bicyclic) bond motifs is 2. The molecule has 33 heavy (non-hydrogen) atoms. The van der Waals surface area contributed by atoms with Crippen LogP contribution in [0, 0.1) is 0 Å². The summed E-state index contributed by atoms with van der Waals surface area (Å²) in [5, 5.41) is 1.13. The van der Waals surface area contributed by atoms with Gasteiger partial charge in [-0.15, -0.1) is 0 Å². The summed E-state index contributed by atoms with van der Waals surface area (Å²) in [5.41, 5.74) is 10.7. The highest BCUT2D eigenvalue weighted by atomic mass is 16.2. The van der Waals surface area contributed by atoms with Crippen LogP contribution in [0.25, 0.3) is 27.8 Å². The first-order chi connectivity index (χ1) is 16.1. The van der Waals surface area contributed by atoms with Crippen LogP contribution in [-0.4, -0.2) is 43.2 Å². The molecule has 0 radical (unpaired) electrons. The second kappa shape index (κ2) is 8.58. The monoisotopic (exact) mass is 440 g/mol. The van der Waals surface area contributed by atoms with Crippen molar-refractivity contribution < 1.29 is 4.79 Å². The predicted molar refractivity (Wildman–Crippen MR) is 132 cm³/mol. The first kappa shape index (κ1) is 21.0. The van der Waals surface area contributed by atoms with Crippen molar-refractivity contribution in [3.05, 3.63) is 72.4 Å². The van der Waals surface area contributed by atoms with Gasteiger partial charge < -0.3 is 15.6 Å².